The van der Waals surface area contributed by atoms with Gasteiger partial charge in [-0.15, -0.1) is 0 Å². The smallest absolute Gasteiger partial charge is 0.218 e. The van der Waals surface area contributed by atoms with E-state index in [1.54, 1.807) is 20.8 Å². The highest BCUT2D eigenvalue weighted by Gasteiger charge is 2.55. The molecule has 20 atom stereocenters. The number of carbonyl (C=O) groups is 2. The first-order chi connectivity index (χ1) is 37.6. The number of rotatable bonds is 20. The lowest BCUT2D eigenvalue weighted by atomic mass is 9.95. The fourth-order valence-electron chi connectivity index (χ4n) is 7.05. The Morgan fingerprint density at radius 1 is 0.512 bits per heavy atom. The van der Waals surface area contributed by atoms with Crippen LogP contribution < -0.4 is 30.2 Å². The molecule has 82 heavy (non-hydrogen) atoms. The predicted octanol–water partition coefficient (Wildman–Crippen LogP) is -11.4. The van der Waals surface area contributed by atoms with Crippen molar-refractivity contribution in [2.24, 2.45) is 0 Å². The normalized spacial score (nSPS) is 34.2. The molecule has 4 heterocycles. The maximum atomic E-state index is 11.6. The van der Waals surface area contributed by atoms with Crippen LogP contribution in [0.25, 0.3) is 0 Å². The van der Waals surface area contributed by atoms with E-state index in [1.807, 2.05) is 0 Å². The molecule has 0 aromatic carbocycles. The van der Waals surface area contributed by atoms with Crippen molar-refractivity contribution in [2.75, 3.05) is 13.2 Å². The van der Waals surface area contributed by atoms with Crippen LogP contribution in [0.2, 0.25) is 0 Å². The maximum absolute atomic E-state index is 11.6. The average molecular weight is 1300 g/mol. The molecule has 4 rings (SSSR count). The average Bonchev–Trinajstić information content (AvgIpc) is 3.49. The van der Waals surface area contributed by atoms with Gasteiger partial charge in [0.05, 0.1) is 23.1 Å². The Balaban J connectivity index is 0. The molecule has 0 amide bonds. The third-order valence-corrected chi connectivity index (χ3v) is 11.4. The summed E-state index contributed by atoms with van der Waals surface area (Å²) in [6.45, 7) is 15.8. The van der Waals surface area contributed by atoms with Crippen molar-refractivity contribution >= 4 is 68.0 Å². The minimum absolute atomic E-state index is 0.829. The van der Waals surface area contributed by atoms with Crippen molar-refractivity contribution in [1.29, 1.82) is 0 Å². The van der Waals surface area contributed by atoms with Gasteiger partial charge in [-0.3, -0.25) is 14.3 Å². The first-order valence-corrected chi connectivity index (χ1v) is 28.2. The Kier molecular flexibility index (Phi) is 37.4. The zero-order valence-electron chi connectivity index (χ0n) is 44.8. The summed E-state index contributed by atoms with van der Waals surface area (Å²) in [5.41, 5.74) is -2.08. The SMILES string of the molecule is CC(C)(C)O[C@@H]1C(C(=O)[O-])O[C@@H](O[C@@H]2C(COO[O-])O[C@H](O)C(NS(=O)(=O)[O-])[C@@H]2O)C(O)[C@@H]1O.CC(C)(C)O[C@H]1OC(COO[O-])[C@@H](O[C@@H]2OC(C(=O)[O-])[C@@H](O)[C@@H](O)C2OS(=O)(=O)[O-])[C@@H](O)C1NS(=O)(=O)[O-].CCC.CCC.O=S.O=S. The molecule has 0 aliphatic carbocycles. The predicted molar refractivity (Wildman–Crippen MR) is 248 cm³/mol. The van der Waals surface area contributed by atoms with Crippen molar-refractivity contribution in [2.45, 2.75) is 216 Å². The summed E-state index contributed by atoms with van der Waals surface area (Å²) in [5.74, 6) is -3.98. The van der Waals surface area contributed by atoms with Gasteiger partial charge >= 0.3 is 0 Å². The number of carboxylic acid groups (broad SMARTS) is 2. The minimum Gasteiger partial charge on any atom is -0.735 e. The van der Waals surface area contributed by atoms with Crippen molar-refractivity contribution in [3.8, 4) is 0 Å². The molecule has 0 aromatic rings. The molecule has 0 saturated carbocycles. The van der Waals surface area contributed by atoms with Crippen molar-refractivity contribution in [3.05, 3.63) is 0 Å². The number of aliphatic hydroxyl groups excluding tert-OH is 7. The van der Waals surface area contributed by atoms with E-state index < -0.39 is 190 Å². The Morgan fingerprint density at radius 2 is 0.890 bits per heavy atom. The molecule has 0 radical (unpaired) electrons. The summed E-state index contributed by atoms with van der Waals surface area (Å²) < 4.78 is 166. The van der Waals surface area contributed by atoms with Gasteiger partial charge in [-0.1, -0.05) is 40.5 Å². The quantitative estimate of drug-likeness (QED) is 0.0237. The molecule has 0 bridgehead atoms. The first-order valence-electron chi connectivity index (χ1n) is 23.4. The van der Waals surface area contributed by atoms with Crippen LogP contribution in [0.1, 0.15) is 82.1 Å². The van der Waals surface area contributed by atoms with Crippen LogP contribution in [0, 0.1) is 0 Å². The molecular weight excluding hydrogens is 1240 g/mol. The molecule has 488 valence electrons. The van der Waals surface area contributed by atoms with E-state index in [-0.39, 0.29) is 0 Å². The Labute approximate surface area is 480 Å². The van der Waals surface area contributed by atoms with Crippen molar-refractivity contribution < 1.29 is 175 Å². The summed E-state index contributed by atoms with van der Waals surface area (Å²) in [7, 11) is -16.2. The number of hydrogen-bond acceptors (Lipinski definition) is 39. The molecular formula is C38H67N2O37S5-7. The van der Waals surface area contributed by atoms with E-state index in [0.717, 1.165) is 0 Å². The third-order valence-electron chi connectivity index (χ3n) is 9.81. The highest BCUT2D eigenvalue weighted by molar-refractivity contribution is 7.84. The number of ether oxygens (including phenoxy) is 8. The second-order valence-corrected chi connectivity index (χ2v) is 22.2. The van der Waals surface area contributed by atoms with Gasteiger partial charge in [-0.05, 0) is 41.5 Å². The molecule has 4 aliphatic heterocycles. The molecule has 4 aliphatic rings. The largest absolute Gasteiger partial charge is 0.735 e. The summed E-state index contributed by atoms with van der Waals surface area (Å²) >= 11 is 5.67. The Morgan fingerprint density at radius 3 is 1.28 bits per heavy atom. The lowest BCUT2D eigenvalue weighted by Gasteiger charge is -2.49. The second-order valence-electron chi connectivity index (χ2n) is 19.0. The van der Waals surface area contributed by atoms with Crippen LogP contribution in [-0.2, 0) is 128 Å². The number of aliphatic hydroxyl groups is 7. The summed E-state index contributed by atoms with van der Waals surface area (Å²) in [5, 5.41) is 122. The third kappa shape index (κ3) is 28.5. The summed E-state index contributed by atoms with van der Waals surface area (Å²) in [6.07, 6.45) is -34.6. The zero-order chi connectivity index (χ0) is 64.6. The van der Waals surface area contributed by atoms with Crippen molar-refractivity contribution in [1.82, 2.24) is 9.44 Å². The van der Waals surface area contributed by atoms with Gasteiger partial charge < -0.3 is 118 Å². The van der Waals surface area contributed by atoms with Crippen LogP contribution in [0.4, 0.5) is 0 Å². The molecule has 9 N–H and O–H groups in total. The van der Waals surface area contributed by atoms with Crippen molar-refractivity contribution in [3.63, 3.8) is 0 Å². The van der Waals surface area contributed by atoms with E-state index in [4.69, 9.17) is 46.3 Å². The van der Waals surface area contributed by atoms with Crippen LogP contribution in [-0.4, -0.2) is 242 Å². The van der Waals surface area contributed by atoms with Gasteiger partial charge in [0.1, 0.15) is 105 Å². The number of carboxylic acids is 2. The number of carbonyl (C=O) groups excluding carboxylic acids is 2. The number of aliphatic carboxylic acids is 2. The molecule has 4 fully saturated rings. The lowest BCUT2D eigenvalue weighted by Crippen LogP contribution is -2.69. The second kappa shape index (κ2) is 37.4. The summed E-state index contributed by atoms with van der Waals surface area (Å²) in [4.78, 5) is 31.3. The number of nitrogens with one attached hydrogen (secondary N) is 2. The Bertz CT molecular complexity index is 2180. The standard InChI is InChI=1S/C16H29NO19S2.C16H29NO16S.2C3H8.2OS/c1-16(2,3)34-14-6(17-37(24,25)26)7(18)10(5(31-14)4-30-36-23)32-15-12(35-38(27,28)29)9(20)8(19)11(33-15)13(21)22;1-16(2,3)32-11-8(19)9(20)15(31-12(11)13(21)22)30-10-5(4-28-33-24)29-14(23)6(7(10)18)17-34(25,26)27;2*1-3-2;2*1-2/h5-12,14-15,17-20,23H,4H2,1-3H3,(H,21,22)(H,24,25,26)(H,27,28,29);5-12,14-15,17-20,23-24H,4H2,1-3H3,(H,21,22)(H,25,26,27);2*3H2,1-2H3;;/p-7/t5?,6?,7-,8-,9+,10+,11?,12?,14+,15+;5?,6?,7-,8-,9?,10+,11-,12?,14-,15+;;;;/m00..../s1. The van der Waals surface area contributed by atoms with Gasteiger partial charge in [0.2, 0.25) is 10.4 Å². The van der Waals surface area contributed by atoms with Gasteiger partial charge in [-0.2, -0.15) is 8.42 Å². The van der Waals surface area contributed by atoms with Gasteiger partial charge in [0, 0.05) is 0 Å². The topological polar surface area (TPSA) is 618 Å². The van der Waals surface area contributed by atoms with E-state index >= 15 is 0 Å². The molecule has 39 nitrogen and oxygen atoms in total. The van der Waals surface area contributed by atoms with Gasteiger partial charge in [0.15, 0.2) is 76.9 Å². The molecule has 44 heteroatoms. The van der Waals surface area contributed by atoms with Crippen LogP contribution >= 0.6 is 0 Å². The molecule has 0 aromatic heterocycles. The van der Waals surface area contributed by atoms with E-state index in [1.165, 1.54) is 43.1 Å². The van der Waals surface area contributed by atoms with Crippen LogP contribution in [0.5, 0.6) is 0 Å². The molecule has 8 unspecified atom stereocenters. The zero-order valence-corrected chi connectivity index (χ0v) is 48.9. The van der Waals surface area contributed by atoms with Gasteiger partial charge in [-0.25, -0.2) is 44.5 Å². The minimum atomic E-state index is -5.67. The fraction of sp³-hybridized carbons (Fsp3) is 0.947. The first kappa shape index (κ1) is 81.8. The van der Waals surface area contributed by atoms with E-state index in [2.05, 4.69) is 76.8 Å². The molecule has 4 saturated heterocycles. The number of hydrogen-bond donors (Lipinski definition) is 9. The maximum Gasteiger partial charge on any atom is 0.218 e. The van der Waals surface area contributed by atoms with Crippen LogP contribution in [0.3, 0.4) is 0 Å². The lowest BCUT2D eigenvalue weighted by molar-refractivity contribution is -0.801. The van der Waals surface area contributed by atoms with Gasteiger partial charge in [0.25, 0.3) is 0 Å². The van der Waals surface area contributed by atoms with E-state index in [9.17, 15) is 105 Å². The monoisotopic (exact) mass is 1300 g/mol. The highest BCUT2D eigenvalue weighted by atomic mass is 32.3. The summed E-state index contributed by atoms with van der Waals surface area (Å²) in [6, 6.07) is -3.97. The molecule has 0 spiro atoms. The van der Waals surface area contributed by atoms with E-state index in [0.29, 0.717) is 0 Å². The fourth-order valence-corrected chi connectivity index (χ4v) is 8.70. The van der Waals surface area contributed by atoms with Crippen LogP contribution in [0.15, 0.2) is 0 Å². The Hall–Kier alpha value is -2.25. The highest BCUT2D eigenvalue weighted by Crippen LogP contribution is 2.34.